The Balaban J connectivity index is 1.51. The van der Waals surface area contributed by atoms with Crippen molar-refractivity contribution < 1.29 is 28.1 Å². The first-order valence-electron chi connectivity index (χ1n) is 9.63. The van der Waals surface area contributed by atoms with Crippen LogP contribution in [-0.2, 0) is 20.6 Å². The maximum atomic E-state index is 14.6. The summed E-state index contributed by atoms with van der Waals surface area (Å²) in [6, 6.07) is 3.28. The number of aryl methyl sites for hydroxylation is 1. The van der Waals surface area contributed by atoms with Crippen molar-refractivity contribution in [3.8, 4) is 5.88 Å². The summed E-state index contributed by atoms with van der Waals surface area (Å²) in [6.45, 7) is 0.198. The summed E-state index contributed by atoms with van der Waals surface area (Å²) in [5.74, 6) is -0.211. The van der Waals surface area contributed by atoms with Crippen molar-refractivity contribution in [3.05, 3.63) is 29.7 Å². The summed E-state index contributed by atoms with van der Waals surface area (Å²) in [6.07, 6.45) is 5.16. The Hall–Kier alpha value is -2.52. The Morgan fingerprint density at radius 2 is 2.10 bits per heavy atom. The minimum Gasteiger partial charge on any atom is -0.440 e. The van der Waals surface area contributed by atoms with E-state index in [0.717, 1.165) is 25.7 Å². The molecule has 9 heteroatoms. The lowest BCUT2D eigenvalue weighted by Gasteiger charge is -2.51. The number of aromatic nitrogens is 2. The van der Waals surface area contributed by atoms with Gasteiger partial charge in [0.2, 0.25) is 12.7 Å². The highest BCUT2D eigenvalue weighted by molar-refractivity contribution is 5.78. The Labute approximate surface area is 167 Å². The summed E-state index contributed by atoms with van der Waals surface area (Å²) >= 11 is 0. The fourth-order valence-corrected chi connectivity index (χ4v) is 4.06. The van der Waals surface area contributed by atoms with Crippen LogP contribution in [0.4, 0.5) is 9.18 Å². The molecule has 0 atom stereocenters. The number of hydrogen-bond donors (Lipinski definition) is 1. The number of fused-ring (bicyclic) bond motifs is 4. The molecule has 4 heterocycles. The highest BCUT2D eigenvalue weighted by Gasteiger charge is 2.47. The first-order valence-corrected chi connectivity index (χ1v) is 9.63. The van der Waals surface area contributed by atoms with E-state index in [4.69, 9.17) is 15.2 Å². The van der Waals surface area contributed by atoms with E-state index in [1.807, 2.05) is 0 Å². The fourth-order valence-electron chi connectivity index (χ4n) is 4.06. The van der Waals surface area contributed by atoms with E-state index in [2.05, 4.69) is 19.4 Å². The van der Waals surface area contributed by atoms with Crippen molar-refractivity contribution in [2.24, 2.45) is 5.73 Å². The van der Waals surface area contributed by atoms with Gasteiger partial charge in [0.1, 0.15) is 5.82 Å². The maximum absolute atomic E-state index is 14.6. The Morgan fingerprint density at radius 1 is 1.31 bits per heavy atom. The lowest BCUT2D eigenvalue weighted by molar-refractivity contribution is -0.156. The van der Waals surface area contributed by atoms with Crippen LogP contribution in [0, 0.1) is 5.82 Å². The average Bonchev–Trinajstić information content (AvgIpc) is 2.74. The van der Waals surface area contributed by atoms with E-state index in [0.29, 0.717) is 36.0 Å². The first-order chi connectivity index (χ1) is 13.9. The van der Waals surface area contributed by atoms with Crippen LogP contribution in [0.3, 0.4) is 0 Å². The number of carbonyl (C=O) groups is 1. The van der Waals surface area contributed by atoms with Crippen molar-refractivity contribution in [1.82, 2.24) is 9.97 Å². The second kappa shape index (κ2) is 7.72. The van der Waals surface area contributed by atoms with E-state index in [1.54, 1.807) is 12.1 Å². The molecular formula is C20H24FN3O5. The summed E-state index contributed by atoms with van der Waals surface area (Å²) < 4.78 is 35.1. The molecule has 0 aromatic carbocycles. The smallest absolute Gasteiger partial charge is 0.440 e. The minimum atomic E-state index is -0.861. The van der Waals surface area contributed by atoms with Crippen molar-refractivity contribution in [2.45, 2.75) is 49.7 Å². The topological polar surface area (TPSA) is 106 Å². The second-order valence-corrected chi connectivity index (χ2v) is 7.80. The molecule has 0 spiro atoms. The van der Waals surface area contributed by atoms with Gasteiger partial charge >= 0.3 is 6.16 Å². The van der Waals surface area contributed by atoms with Gasteiger partial charge in [-0.25, -0.2) is 14.2 Å². The van der Waals surface area contributed by atoms with Gasteiger partial charge in [0.05, 0.1) is 36.5 Å². The molecule has 0 radical (unpaired) electrons. The maximum Gasteiger partial charge on any atom is 0.510 e. The van der Waals surface area contributed by atoms with E-state index < -0.39 is 12.0 Å². The van der Waals surface area contributed by atoms with Gasteiger partial charge in [0, 0.05) is 17.2 Å². The third-order valence-corrected chi connectivity index (χ3v) is 5.94. The SMILES string of the molecule is COC(=O)OCOc1ccc2ncc(F)c(CCC34CCC(N)(CC3)CO4)c2n1. The van der Waals surface area contributed by atoms with Gasteiger partial charge in [0.15, 0.2) is 0 Å². The van der Waals surface area contributed by atoms with Crippen LogP contribution in [0.25, 0.3) is 11.0 Å². The van der Waals surface area contributed by atoms with E-state index >= 15 is 0 Å². The minimum absolute atomic E-state index is 0.198. The van der Waals surface area contributed by atoms with Gasteiger partial charge in [-0.1, -0.05) is 0 Å². The highest BCUT2D eigenvalue weighted by atomic mass is 19.1. The third-order valence-electron chi connectivity index (χ3n) is 5.94. The molecule has 5 rings (SSSR count). The summed E-state index contributed by atoms with van der Waals surface area (Å²) in [4.78, 5) is 19.5. The monoisotopic (exact) mass is 405 g/mol. The van der Waals surface area contributed by atoms with E-state index in [-0.39, 0.29) is 23.8 Å². The molecule has 8 nitrogen and oxygen atoms in total. The predicted molar refractivity (Wildman–Crippen MR) is 101 cm³/mol. The zero-order valence-corrected chi connectivity index (χ0v) is 16.3. The molecule has 1 saturated carbocycles. The molecule has 0 amide bonds. The van der Waals surface area contributed by atoms with Crippen molar-refractivity contribution >= 4 is 17.2 Å². The van der Waals surface area contributed by atoms with Crippen LogP contribution in [0.2, 0.25) is 0 Å². The molecule has 2 N–H and O–H groups in total. The number of nitrogens with zero attached hydrogens (tertiary/aromatic N) is 2. The van der Waals surface area contributed by atoms with Crippen LogP contribution in [0.5, 0.6) is 5.88 Å². The van der Waals surface area contributed by atoms with Gasteiger partial charge in [-0.05, 0) is 44.6 Å². The third kappa shape index (κ3) is 4.11. The van der Waals surface area contributed by atoms with Crippen molar-refractivity contribution in [2.75, 3.05) is 20.5 Å². The van der Waals surface area contributed by atoms with Gasteiger partial charge in [0.25, 0.3) is 0 Å². The van der Waals surface area contributed by atoms with E-state index in [9.17, 15) is 9.18 Å². The number of nitrogens with two attached hydrogens (primary N) is 1. The first kappa shape index (κ1) is 19.8. The van der Waals surface area contributed by atoms with E-state index in [1.165, 1.54) is 13.3 Å². The van der Waals surface area contributed by atoms with Crippen LogP contribution < -0.4 is 10.5 Å². The number of rotatable bonds is 6. The normalized spacial score (nSPS) is 25.8. The van der Waals surface area contributed by atoms with Crippen LogP contribution >= 0.6 is 0 Å². The molecule has 2 aromatic heterocycles. The molecule has 29 heavy (non-hydrogen) atoms. The quantitative estimate of drug-likeness (QED) is 0.578. The Morgan fingerprint density at radius 3 is 2.79 bits per heavy atom. The molecule has 1 aliphatic carbocycles. The molecule has 2 bridgehead atoms. The lowest BCUT2D eigenvalue weighted by atomic mass is 9.70. The van der Waals surface area contributed by atoms with Crippen molar-refractivity contribution in [1.29, 1.82) is 0 Å². The summed E-state index contributed by atoms with van der Waals surface area (Å²) in [7, 11) is 1.20. The Kier molecular flexibility index (Phi) is 5.26. The lowest BCUT2D eigenvalue weighted by Crippen LogP contribution is -2.59. The molecule has 3 fully saturated rings. The van der Waals surface area contributed by atoms with Crippen LogP contribution in [0.15, 0.2) is 18.3 Å². The number of hydrogen-bond acceptors (Lipinski definition) is 8. The average molecular weight is 405 g/mol. The number of halogens is 1. The zero-order chi connectivity index (χ0) is 20.5. The van der Waals surface area contributed by atoms with Gasteiger partial charge in [-0.15, -0.1) is 0 Å². The summed E-state index contributed by atoms with van der Waals surface area (Å²) in [5.41, 5.74) is 7.31. The molecule has 2 aromatic rings. The van der Waals surface area contributed by atoms with Crippen LogP contribution in [-0.4, -0.2) is 47.8 Å². The highest BCUT2D eigenvalue weighted by Crippen LogP contribution is 2.45. The molecule has 3 aliphatic rings. The molecule has 0 unspecified atom stereocenters. The molecular weight excluding hydrogens is 381 g/mol. The fraction of sp³-hybridized carbons (Fsp3) is 0.550. The number of ether oxygens (including phenoxy) is 4. The number of pyridine rings is 2. The number of carbonyl (C=O) groups excluding carboxylic acids is 1. The summed E-state index contributed by atoms with van der Waals surface area (Å²) in [5, 5.41) is 0. The predicted octanol–water partition coefficient (Wildman–Crippen LogP) is 2.86. The zero-order valence-electron chi connectivity index (χ0n) is 16.3. The Bertz CT molecular complexity index is 898. The number of methoxy groups -OCH3 is 1. The van der Waals surface area contributed by atoms with Gasteiger partial charge in [-0.2, -0.15) is 0 Å². The molecule has 2 aliphatic heterocycles. The van der Waals surface area contributed by atoms with Crippen molar-refractivity contribution in [3.63, 3.8) is 0 Å². The second-order valence-electron chi connectivity index (χ2n) is 7.80. The van der Waals surface area contributed by atoms with Gasteiger partial charge < -0.3 is 24.7 Å². The van der Waals surface area contributed by atoms with Gasteiger partial charge in [-0.3, -0.25) is 4.98 Å². The standard InChI is InChI=1S/C20H24FN3O5/c1-26-18(25)28-12-27-16-3-2-15-17(24-16)13(14(21)10-23-15)4-5-20-8-6-19(22,7-9-20)11-29-20/h2-3,10H,4-9,11-12,22H2,1H3. The molecule has 156 valence electrons. The molecule has 2 saturated heterocycles. The van der Waals surface area contributed by atoms with Crippen LogP contribution in [0.1, 0.15) is 37.7 Å². The largest absolute Gasteiger partial charge is 0.510 e.